The van der Waals surface area contributed by atoms with Gasteiger partial charge < -0.3 is 4.42 Å². The van der Waals surface area contributed by atoms with Crippen molar-refractivity contribution >= 4 is 26.9 Å². The number of hydrogen-bond donors (Lipinski definition) is 0. The van der Waals surface area contributed by atoms with Gasteiger partial charge >= 0.3 is 0 Å². The summed E-state index contributed by atoms with van der Waals surface area (Å²) in [5.41, 5.74) is 0.800. The van der Waals surface area contributed by atoms with Gasteiger partial charge in [-0.15, -0.1) is 0 Å². The normalized spacial score (nSPS) is 22.2. The second-order valence-corrected chi connectivity index (χ2v) is 5.77. The van der Waals surface area contributed by atoms with Gasteiger partial charge in [-0.2, -0.15) is 15.6 Å². The van der Waals surface area contributed by atoms with E-state index in [1.807, 2.05) is 24.3 Å². The molecule has 106 valence electrons. The summed E-state index contributed by atoms with van der Waals surface area (Å²) < 4.78 is 6.86. The summed E-state index contributed by atoms with van der Waals surface area (Å²) in [6.45, 7) is 0.458. The van der Waals surface area contributed by atoms with Crippen LogP contribution in [0.4, 0.5) is 0 Å². The summed E-state index contributed by atoms with van der Waals surface area (Å²) in [4.78, 5) is 5.55. The van der Waals surface area contributed by atoms with Crippen molar-refractivity contribution in [1.29, 1.82) is 10.5 Å². The van der Waals surface area contributed by atoms with Gasteiger partial charge in [0, 0.05) is 22.8 Å². The number of nitrogens with zero attached hydrogens (tertiary/aromatic N) is 3. The first-order valence-corrected chi connectivity index (χ1v) is 7.39. The Bertz CT molecular complexity index is 743. The smallest absolute Gasteiger partial charge is 0.167 e. The zero-order valence-electron chi connectivity index (χ0n) is 11.1. The minimum Gasteiger partial charge on any atom is -0.459 e. The summed E-state index contributed by atoms with van der Waals surface area (Å²) in [6.07, 6.45) is 0.400. The van der Waals surface area contributed by atoms with E-state index in [0.29, 0.717) is 19.4 Å². The largest absolute Gasteiger partial charge is 0.459 e. The Morgan fingerprint density at radius 2 is 2.19 bits per heavy atom. The maximum absolute atomic E-state index is 9.05. The Labute approximate surface area is 130 Å². The summed E-state index contributed by atoms with van der Waals surface area (Å²) >= 11 is 3.44. The maximum Gasteiger partial charge on any atom is 0.167 e. The molecule has 0 bridgehead atoms. The Kier molecular flexibility index (Phi) is 3.94. The van der Waals surface area contributed by atoms with Crippen LogP contribution in [-0.4, -0.2) is 17.7 Å². The topological polar surface area (TPSA) is 73.2 Å². The molecule has 1 aromatic carbocycles. The van der Waals surface area contributed by atoms with Crippen molar-refractivity contribution in [3.63, 3.8) is 0 Å². The average molecular weight is 346 g/mol. The third-order valence-corrected chi connectivity index (χ3v) is 3.95. The monoisotopic (exact) mass is 345 g/mol. The highest BCUT2D eigenvalue weighted by atomic mass is 79.9. The number of hydroxylamine groups is 2. The lowest BCUT2D eigenvalue weighted by atomic mass is 10.1. The number of furan rings is 1. The molecule has 5 nitrogen and oxygen atoms in total. The van der Waals surface area contributed by atoms with E-state index in [9.17, 15) is 0 Å². The molecule has 1 saturated heterocycles. The number of halogens is 1. The van der Waals surface area contributed by atoms with Crippen molar-refractivity contribution in [2.45, 2.75) is 25.0 Å². The Hall–Kier alpha value is -1.86. The number of rotatable bonds is 3. The lowest BCUT2D eigenvalue weighted by Crippen LogP contribution is -2.23. The highest BCUT2D eigenvalue weighted by molar-refractivity contribution is 9.10. The van der Waals surface area contributed by atoms with E-state index in [4.69, 9.17) is 19.8 Å². The molecule has 1 aromatic heterocycles. The van der Waals surface area contributed by atoms with Crippen LogP contribution in [-0.2, 0) is 4.84 Å². The van der Waals surface area contributed by atoms with Crippen LogP contribution in [0.5, 0.6) is 0 Å². The van der Waals surface area contributed by atoms with Gasteiger partial charge in [0.15, 0.2) is 6.10 Å². The third-order valence-electron chi connectivity index (χ3n) is 3.46. The van der Waals surface area contributed by atoms with Crippen LogP contribution in [0.3, 0.4) is 0 Å². The molecule has 0 amide bonds. The summed E-state index contributed by atoms with van der Waals surface area (Å²) in [5.74, 6) is 0.763. The number of benzene rings is 1. The fourth-order valence-electron chi connectivity index (χ4n) is 2.50. The molecule has 0 unspecified atom stereocenters. The van der Waals surface area contributed by atoms with Gasteiger partial charge in [0.25, 0.3) is 0 Å². The van der Waals surface area contributed by atoms with Crippen molar-refractivity contribution in [1.82, 2.24) is 5.06 Å². The van der Waals surface area contributed by atoms with Gasteiger partial charge in [-0.25, -0.2) is 0 Å². The van der Waals surface area contributed by atoms with Crippen molar-refractivity contribution in [3.05, 3.63) is 34.5 Å². The number of nitriles is 2. The van der Waals surface area contributed by atoms with Gasteiger partial charge in [-0.3, -0.25) is 4.84 Å². The molecular formula is C15H12BrN3O2. The Morgan fingerprint density at radius 1 is 1.33 bits per heavy atom. The second-order valence-electron chi connectivity index (χ2n) is 4.85. The van der Waals surface area contributed by atoms with Crippen LogP contribution >= 0.6 is 15.9 Å². The van der Waals surface area contributed by atoms with Crippen molar-refractivity contribution in [2.75, 3.05) is 6.54 Å². The second kappa shape index (κ2) is 5.87. The third kappa shape index (κ3) is 2.79. The SMILES string of the molecule is N#CCCN1O[C@@H](C#N)C[C@@H]1c1cc2cc(Br)ccc2o1. The molecular weight excluding hydrogens is 334 g/mol. The van der Waals surface area contributed by atoms with Gasteiger partial charge in [-0.1, -0.05) is 15.9 Å². The molecule has 1 aliphatic rings. The van der Waals surface area contributed by atoms with Gasteiger partial charge in [0.2, 0.25) is 0 Å². The molecule has 2 atom stereocenters. The van der Waals surface area contributed by atoms with Gasteiger partial charge in [-0.05, 0) is 24.3 Å². The highest BCUT2D eigenvalue weighted by Crippen LogP contribution is 2.37. The zero-order chi connectivity index (χ0) is 14.8. The first-order chi connectivity index (χ1) is 10.2. The molecule has 2 aromatic rings. The summed E-state index contributed by atoms with van der Waals surface area (Å²) in [5, 5.41) is 20.5. The summed E-state index contributed by atoms with van der Waals surface area (Å²) in [6, 6.07) is 11.9. The fourth-order valence-corrected chi connectivity index (χ4v) is 2.88. The molecule has 1 aliphatic heterocycles. The van der Waals surface area contributed by atoms with E-state index >= 15 is 0 Å². The fraction of sp³-hybridized carbons (Fsp3) is 0.333. The molecule has 0 aliphatic carbocycles. The molecule has 6 heteroatoms. The van der Waals surface area contributed by atoms with Crippen LogP contribution in [0.25, 0.3) is 11.0 Å². The predicted molar refractivity (Wildman–Crippen MR) is 78.7 cm³/mol. The van der Waals surface area contributed by atoms with E-state index in [1.54, 1.807) is 5.06 Å². The predicted octanol–water partition coefficient (Wildman–Crippen LogP) is 3.68. The first kappa shape index (κ1) is 14.1. The van der Waals surface area contributed by atoms with Crippen LogP contribution in [0.15, 0.2) is 33.2 Å². The minimum atomic E-state index is -0.492. The quantitative estimate of drug-likeness (QED) is 0.848. The molecule has 0 N–H and O–H groups in total. The lowest BCUT2D eigenvalue weighted by molar-refractivity contribution is -0.151. The van der Waals surface area contributed by atoms with Crippen LogP contribution in [0, 0.1) is 22.7 Å². The highest BCUT2D eigenvalue weighted by Gasteiger charge is 2.36. The van der Waals surface area contributed by atoms with Gasteiger partial charge in [0.1, 0.15) is 11.3 Å². The maximum atomic E-state index is 9.05. The van der Waals surface area contributed by atoms with Crippen molar-refractivity contribution in [3.8, 4) is 12.1 Å². The van der Waals surface area contributed by atoms with E-state index in [0.717, 1.165) is 21.2 Å². The van der Waals surface area contributed by atoms with E-state index in [2.05, 4.69) is 28.1 Å². The zero-order valence-corrected chi connectivity index (χ0v) is 12.7. The van der Waals surface area contributed by atoms with E-state index in [1.165, 1.54) is 0 Å². The lowest BCUT2D eigenvalue weighted by Gasteiger charge is -2.19. The van der Waals surface area contributed by atoms with Gasteiger partial charge in [0.05, 0.1) is 24.6 Å². The molecule has 0 saturated carbocycles. The Morgan fingerprint density at radius 3 is 2.95 bits per heavy atom. The Balaban J connectivity index is 1.91. The van der Waals surface area contributed by atoms with Crippen LogP contribution in [0.2, 0.25) is 0 Å². The number of fused-ring (bicyclic) bond motifs is 1. The van der Waals surface area contributed by atoms with Crippen molar-refractivity contribution < 1.29 is 9.25 Å². The molecule has 0 spiro atoms. The molecule has 21 heavy (non-hydrogen) atoms. The average Bonchev–Trinajstić information content (AvgIpc) is 3.07. The molecule has 1 fully saturated rings. The van der Waals surface area contributed by atoms with E-state index < -0.39 is 6.10 Å². The van der Waals surface area contributed by atoms with Crippen LogP contribution < -0.4 is 0 Å². The van der Waals surface area contributed by atoms with Crippen molar-refractivity contribution in [2.24, 2.45) is 0 Å². The minimum absolute atomic E-state index is 0.130. The van der Waals surface area contributed by atoms with Crippen LogP contribution in [0.1, 0.15) is 24.6 Å². The standard InChI is InChI=1S/C15H12BrN3O2/c16-11-2-3-14-10(6-11)7-15(20-14)13-8-12(9-18)21-19(13)5-1-4-17/h2-3,6-7,12-13H,1,5,8H2/t12-,13-/m1/s1. The number of hydrogen-bond acceptors (Lipinski definition) is 5. The first-order valence-electron chi connectivity index (χ1n) is 6.60. The molecule has 3 rings (SSSR count). The molecule has 0 radical (unpaired) electrons. The van der Waals surface area contributed by atoms with E-state index in [-0.39, 0.29) is 6.04 Å². The molecule has 2 heterocycles. The summed E-state index contributed by atoms with van der Waals surface area (Å²) in [7, 11) is 0.